The first-order chi connectivity index (χ1) is 16.0. The normalized spacial score (nSPS) is 14.0. The minimum atomic E-state index is -3.53. The number of rotatable bonds is 21. The van der Waals surface area contributed by atoms with Gasteiger partial charge in [0.15, 0.2) is 0 Å². The van der Waals surface area contributed by atoms with E-state index < -0.39 is 13.3 Å². The Kier molecular flexibility index (Phi) is 17.4. The summed E-state index contributed by atoms with van der Waals surface area (Å²) in [4.78, 5) is 22.4. The third-order valence-corrected chi connectivity index (χ3v) is 8.47. The fraction of sp³-hybridized carbons (Fsp3) is 0.750. The highest BCUT2D eigenvalue weighted by Gasteiger charge is 2.28. The summed E-state index contributed by atoms with van der Waals surface area (Å²) in [5.41, 5.74) is 0. The first-order valence-electron chi connectivity index (χ1n) is 13.5. The third kappa shape index (κ3) is 15.4. The molecule has 1 rings (SSSR count). The zero-order valence-electron chi connectivity index (χ0n) is 21.3. The molecule has 0 saturated heterocycles. The van der Waals surface area contributed by atoms with Gasteiger partial charge < -0.3 is 9.63 Å². The SMILES string of the molecule is CCCCCCCCCCCCCCCCCCOC(=O)C(C)CP(=O)(O)c1ccccc1. The number of ether oxygens (including phenoxy) is 1. The highest BCUT2D eigenvalue weighted by Crippen LogP contribution is 2.41. The van der Waals surface area contributed by atoms with E-state index in [1.165, 1.54) is 89.9 Å². The van der Waals surface area contributed by atoms with Gasteiger partial charge in [-0.05, 0) is 18.6 Å². The summed E-state index contributed by atoms with van der Waals surface area (Å²) in [5.74, 6) is -0.955. The summed E-state index contributed by atoms with van der Waals surface area (Å²) >= 11 is 0. The van der Waals surface area contributed by atoms with E-state index in [1.54, 1.807) is 37.3 Å². The number of unbranched alkanes of at least 4 members (excludes halogenated alkanes) is 15. The van der Waals surface area contributed by atoms with Gasteiger partial charge in [-0.15, -0.1) is 0 Å². The molecule has 2 atom stereocenters. The molecule has 0 aliphatic rings. The number of hydrogen-bond acceptors (Lipinski definition) is 3. The van der Waals surface area contributed by atoms with Gasteiger partial charge in [0, 0.05) is 11.5 Å². The molecule has 1 aromatic rings. The Bertz CT molecular complexity index is 647. The lowest BCUT2D eigenvalue weighted by atomic mass is 10.0. The number of hydrogen-bond donors (Lipinski definition) is 1. The lowest BCUT2D eigenvalue weighted by molar-refractivity contribution is -0.147. The lowest BCUT2D eigenvalue weighted by Crippen LogP contribution is -2.21. The molecule has 0 bridgehead atoms. The van der Waals surface area contributed by atoms with Gasteiger partial charge in [-0.2, -0.15) is 0 Å². The molecule has 0 aromatic heterocycles. The second kappa shape index (κ2) is 19.2. The van der Waals surface area contributed by atoms with E-state index in [1.807, 2.05) is 0 Å². The Morgan fingerprint density at radius 2 is 1.21 bits per heavy atom. The van der Waals surface area contributed by atoms with Crippen molar-refractivity contribution >= 4 is 18.6 Å². The Morgan fingerprint density at radius 3 is 1.67 bits per heavy atom. The molecular weight excluding hydrogens is 431 g/mol. The van der Waals surface area contributed by atoms with Crippen molar-refractivity contribution in [2.24, 2.45) is 5.92 Å². The zero-order chi connectivity index (χ0) is 24.2. The smallest absolute Gasteiger partial charge is 0.309 e. The van der Waals surface area contributed by atoms with Crippen LogP contribution in [0.5, 0.6) is 0 Å². The number of benzene rings is 1. The van der Waals surface area contributed by atoms with E-state index >= 15 is 0 Å². The molecule has 0 saturated carbocycles. The Labute approximate surface area is 203 Å². The summed E-state index contributed by atoms with van der Waals surface area (Å²) in [7, 11) is -3.53. The summed E-state index contributed by atoms with van der Waals surface area (Å²) < 4.78 is 17.8. The maximum absolute atomic E-state index is 12.5. The van der Waals surface area contributed by atoms with Gasteiger partial charge in [-0.3, -0.25) is 9.36 Å². The van der Waals surface area contributed by atoms with Crippen LogP contribution in [0.4, 0.5) is 0 Å². The number of carbonyl (C=O) groups excluding carboxylic acids is 1. The second-order valence-electron chi connectivity index (χ2n) is 9.59. The van der Waals surface area contributed by atoms with Crippen LogP contribution in [0, 0.1) is 5.92 Å². The van der Waals surface area contributed by atoms with E-state index in [0.29, 0.717) is 11.9 Å². The largest absolute Gasteiger partial charge is 0.465 e. The number of carbonyl (C=O) groups is 1. The first kappa shape index (κ1) is 29.9. The Hall–Kier alpha value is -1.12. The topological polar surface area (TPSA) is 63.6 Å². The van der Waals surface area contributed by atoms with Crippen LogP contribution >= 0.6 is 7.37 Å². The molecule has 190 valence electrons. The molecular formula is C28H49O4P. The first-order valence-corrected chi connectivity index (χ1v) is 15.4. The van der Waals surface area contributed by atoms with Crippen molar-refractivity contribution in [3.63, 3.8) is 0 Å². The maximum Gasteiger partial charge on any atom is 0.309 e. The summed E-state index contributed by atoms with van der Waals surface area (Å²) in [6, 6.07) is 8.54. The highest BCUT2D eigenvalue weighted by molar-refractivity contribution is 7.66. The molecule has 0 amide bonds. The van der Waals surface area contributed by atoms with Crippen molar-refractivity contribution in [3.05, 3.63) is 30.3 Å². The van der Waals surface area contributed by atoms with Crippen LogP contribution in [0.25, 0.3) is 0 Å². The molecule has 2 unspecified atom stereocenters. The molecule has 33 heavy (non-hydrogen) atoms. The van der Waals surface area contributed by atoms with Crippen LogP contribution in [0.3, 0.4) is 0 Å². The summed E-state index contributed by atoms with van der Waals surface area (Å²) in [6.45, 7) is 4.34. The Morgan fingerprint density at radius 1 is 0.788 bits per heavy atom. The van der Waals surface area contributed by atoms with Crippen LogP contribution in [0.1, 0.15) is 117 Å². The van der Waals surface area contributed by atoms with E-state index in [-0.39, 0.29) is 12.1 Å². The molecule has 1 aromatic carbocycles. The van der Waals surface area contributed by atoms with Gasteiger partial charge in [0.25, 0.3) is 0 Å². The van der Waals surface area contributed by atoms with Gasteiger partial charge >= 0.3 is 5.97 Å². The van der Waals surface area contributed by atoms with Crippen molar-refractivity contribution in [3.8, 4) is 0 Å². The predicted octanol–water partition coefficient (Wildman–Crippen LogP) is 8.02. The average Bonchev–Trinajstić information content (AvgIpc) is 2.81. The molecule has 4 nitrogen and oxygen atoms in total. The van der Waals surface area contributed by atoms with Crippen LogP contribution in [-0.2, 0) is 14.1 Å². The van der Waals surface area contributed by atoms with E-state index in [0.717, 1.165) is 12.8 Å². The van der Waals surface area contributed by atoms with Crippen LogP contribution in [0.2, 0.25) is 0 Å². The highest BCUT2D eigenvalue weighted by atomic mass is 31.2. The number of esters is 1. The molecule has 5 heteroatoms. The molecule has 0 radical (unpaired) electrons. The van der Waals surface area contributed by atoms with Crippen LogP contribution < -0.4 is 5.30 Å². The molecule has 0 heterocycles. The molecule has 0 spiro atoms. The zero-order valence-corrected chi connectivity index (χ0v) is 22.2. The molecule has 0 fully saturated rings. The average molecular weight is 481 g/mol. The van der Waals surface area contributed by atoms with Gasteiger partial charge in [-0.1, -0.05) is 128 Å². The molecule has 0 aliphatic carbocycles. The van der Waals surface area contributed by atoms with Crippen LogP contribution in [0.15, 0.2) is 30.3 Å². The Balaban J connectivity index is 1.92. The maximum atomic E-state index is 12.5. The van der Waals surface area contributed by atoms with Gasteiger partial charge in [0.2, 0.25) is 7.37 Å². The minimum absolute atomic E-state index is 0.0746. The van der Waals surface area contributed by atoms with Crippen molar-refractivity contribution in [2.75, 3.05) is 12.8 Å². The molecule has 1 N–H and O–H groups in total. The van der Waals surface area contributed by atoms with Gasteiger partial charge in [-0.25, -0.2) is 0 Å². The quantitative estimate of drug-likeness (QED) is 0.110. The van der Waals surface area contributed by atoms with Crippen molar-refractivity contribution in [2.45, 2.75) is 117 Å². The van der Waals surface area contributed by atoms with Gasteiger partial charge in [0.05, 0.1) is 12.5 Å². The second-order valence-corrected chi connectivity index (χ2v) is 11.9. The van der Waals surface area contributed by atoms with Gasteiger partial charge in [0.1, 0.15) is 0 Å². The standard InChI is InChI=1S/C28H49O4P/c1-3-4-5-6-7-8-9-10-11-12-13-14-15-16-17-21-24-32-28(29)26(2)25-33(30,31)27-22-19-18-20-23-27/h18-20,22-23,26H,3-17,21,24-25H2,1-2H3,(H,30,31). The van der Waals surface area contributed by atoms with Crippen molar-refractivity contribution in [1.82, 2.24) is 0 Å². The van der Waals surface area contributed by atoms with Crippen molar-refractivity contribution in [1.29, 1.82) is 0 Å². The monoisotopic (exact) mass is 480 g/mol. The van der Waals surface area contributed by atoms with E-state index in [4.69, 9.17) is 4.74 Å². The minimum Gasteiger partial charge on any atom is -0.465 e. The predicted molar refractivity (Wildman–Crippen MR) is 140 cm³/mol. The summed E-state index contributed by atoms with van der Waals surface area (Å²) in [6.07, 6.45) is 20.9. The van der Waals surface area contributed by atoms with Crippen molar-refractivity contribution < 1.29 is 19.0 Å². The fourth-order valence-corrected chi connectivity index (χ4v) is 5.92. The lowest BCUT2D eigenvalue weighted by Gasteiger charge is -2.16. The fourth-order valence-electron chi connectivity index (χ4n) is 4.18. The van der Waals surface area contributed by atoms with E-state index in [9.17, 15) is 14.3 Å². The third-order valence-electron chi connectivity index (χ3n) is 6.33. The summed E-state index contributed by atoms with van der Waals surface area (Å²) in [5, 5.41) is 0.391. The molecule has 0 aliphatic heterocycles. The van der Waals surface area contributed by atoms with E-state index in [2.05, 4.69) is 6.92 Å². The van der Waals surface area contributed by atoms with Crippen LogP contribution in [-0.4, -0.2) is 23.6 Å².